The molecule has 0 N–H and O–H groups in total. The van der Waals surface area contributed by atoms with E-state index in [-0.39, 0.29) is 11.5 Å². The molecule has 2 heterocycles. The Balaban J connectivity index is 1.90. The van der Waals surface area contributed by atoms with Crippen LogP contribution in [-0.2, 0) is 0 Å². The van der Waals surface area contributed by atoms with Gasteiger partial charge in [0.1, 0.15) is 6.33 Å². The average Bonchev–Trinajstić information content (AvgIpc) is 3.18. The second-order valence-electron chi connectivity index (χ2n) is 5.35. The van der Waals surface area contributed by atoms with Gasteiger partial charge in [0.15, 0.2) is 11.5 Å². The number of alkyl halides is 2. The fourth-order valence-corrected chi connectivity index (χ4v) is 2.37. The quantitative estimate of drug-likeness (QED) is 0.630. The highest BCUT2D eigenvalue weighted by Crippen LogP contribution is 2.29. The van der Waals surface area contributed by atoms with Crippen LogP contribution in [0.5, 0.6) is 11.5 Å². The zero-order chi connectivity index (χ0) is 18.7. The van der Waals surface area contributed by atoms with Crippen molar-refractivity contribution in [1.29, 1.82) is 0 Å². The summed E-state index contributed by atoms with van der Waals surface area (Å²) in [5.41, 5.74) is 2.25. The highest BCUT2D eigenvalue weighted by molar-refractivity contribution is 5.80. The fourth-order valence-electron chi connectivity index (χ4n) is 2.37. The summed E-state index contributed by atoms with van der Waals surface area (Å²) in [6.45, 7) is 0.807. The number of ether oxygens (including phenoxy) is 2. The zero-order valence-corrected chi connectivity index (χ0v) is 14.3. The second kappa shape index (κ2) is 7.30. The molecular weight excluding hydrogens is 346 g/mol. The van der Waals surface area contributed by atoms with Gasteiger partial charge >= 0.3 is 6.61 Å². The Bertz CT molecular complexity index is 935. The lowest BCUT2D eigenvalue weighted by Crippen LogP contribution is -2.07. The van der Waals surface area contributed by atoms with Crippen LogP contribution < -0.4 is 9.47 Å². The van der Waals surface area contributed by atoms with Crippen LogP contribution >= 0.6 is 0 Å². The van der Waals surface area contributed by atoms with E-state index in [2.05, 4.69) is 25.1 Å². The number of rotatable bonds is 6. The first-order chi connectivity index (χ1) is 12.5. The number of aryl methyl sites for hydroxylation is 2. The summed E-state index contributed by atoms with van der Waals surface area (Å²) in [7, 11) is 1.37. The van der Waals surface area contributed by atoms with Gasteiger partial charge in [-0.2, -0.15) is 23.7 Å². The molecule has 10 heteroatoms. The van der Waals surface area contributed by atoms with E-state index in [0.29, 0.717) is 11.5 Å². The number of hydrogen-bond donors (Lipinski definition) is 0. The molecule has 1 aromatic carbocycles. The number of benzene rings is 1. The topological polar surface area (TPSA) is 79.4 Å². The molecule has 0 spiro atoms. The van der Waals surface area contributed by atoms with Crippen molar-refractivity contribution in [2.75, 3.05) is 7.11 Å². The molecule has 3 rings (SSSR count). The van der Waals surface area contributed by atoms with Gasteiger partial charge in [0.2, 0.25) is 0 Å². The van der Waals surface area contributed by atoms with Crippen molar-refractivity contribution in [1.82, 2.24) is 24.7 Å². The lowest BCUT2D eigenvalue weighted by molar-refractivity contribution is -0.0512. The van der Waals surface area contributed by atoms with Crippen LogP contribution in [-0.4, -0.2) is 44.6 Å². The van der Waals surface area contributed by atoms with Crippen LogP contribution in [0, 0.1) is 13.8 Å². The first-order valence-corrected chi connectivity index (χ1v) is 7.59. The second-order valence-corrected chi connectivity index (χ2v) is 5.35. The van der Waals surface area contributed by atoms with Gasteiger partial charge in [-0.05, 0) is 43.7 Å². The van der Waals surface area contributed by atoms with Crippen LogP contribution in [0.1, 0.15) is 17.0 Å². The summed E-state index contributed by atoms with van der Waals surface area (Å²) >= 11 is 0. The third-order valence-corrected chi connectivity index (χ3v) is 3.45. The minimum Gasteiger partial charge on any atom is -0.493 e. The van der Waals surface area contributed by atoms with Gasteiger partial charge in [0, 0.05) is 5.69 Å². The molecule has 0 saturated heterocycles. The average molecular weight is 362 g/mol. The lowest BCUT2D eigenvalue weighted by atomic mass is 10.2. The Hall–Kier alpha value is -3.30. The van der Waals surface area contributed by atoms with Crippen LogP contribution in [0.4, 0.5) is 8.78 Å². The Morgan fingerprint density at radius 3 is 2.65 bits per heavy atom. The van der Waals surface area contributed by atoms with E-state index in [9.17, 15) is 8.78 Å². The third kappa shape index (κ3) is 3.68. The Labute approximate surface area is 147 Å². The zero-order valence-electron chi connectivity index (χ0n) is 14.3. The van der Waals surface area contributed by atoms with E-state index in [4.69, 9.17) is 4.74 Å². The maximum absolute atomic E-state index is 12.5. The molecule has 2 aromatic heterocycles. The van der Waals surface area contributed by atoms with Crippen LogP contribution in [0.2, 0.25) is 0 Å². The predicted octanol–water partition coefficient (Wildman–Crippen LogP) is 2.57. The fraction of sp³-hybridized carbons (Fsp3) is 0.250. The minimum atomic E-state index is -2.95. The number of aromatic nitrogens is 5. The molecular formula is C16H16F2N6O2. The normalized spacial score (nSPS) is 11.5. The molecule has 0 radical (unpaired) electrons. The molecule has 0 saturated carbocycles. The van der Waals surface area contributed by atoms with Gasteiger partial charge in [-0.3, -0.25) is 0 Å². The number of halogens is 2. The smallest absolute Gasteiger partial charge is 0.387 e. The highest BCUT2D eigenvalue weighted by Gasteiger charge is 2.12. The predicted molar refractivity (Wildman–Crippen MR) is 89.2 cm³/mol. The van der Waals surface area contributed by atoms with Crippen molar-refractivity contribution >= 4 is 6.21 Å². The van der Waals surface area contributed by atoms with E-state index in [1.807, 2.05) is 19.9 Å². The van der Waals surface area contributed by atoms with Gasteiger partial charge in [-0.25, -0.2) is 4.68 Å². The number of hydrogen-bond acceptors (Lipinski definition) is 6. The van der Waals surface area contributed by atoms with E-state index in [1.54, 1.807) is 10.7 Å². The molecule has 0 unspecified atom stereocenters. The third-order valence-electron chi connectivity index (χ3n) is 3.45. The molecule has 0 aliphatic carbocycles. The first-order valence-electron chi connectivity index (χ1n) is 7.59. The Morgan fingerprint density at radius 1 is 1.19 bits per heavy atom. The van der Waals surface area contributed by atoms with E-state index >= 15 is 0 Å². The van der Waals surface area contributed by atoms with E-state index in [0.717, 1.165) is 11.4 Å². The minimum absolute atomic E-state index is 0.0750. The van der Waals surface area contributed by atoms with Crippen molar-refractivity contribution in [3.63, 3.8) is 0 Å². The van der Waals surface area contributed by atoms with Crippen molar-refractivity contribution in [3.05, 3.63) is 47.5 Å². The maximum atomic E-state index is 12.5. The lowest BCUT2D eigenvalue weighted by Gasteiger charge is -2.10. The van der Waals surface area contributed by atoms with Gasteiger partial charge in [-0.1, -0.05) is 0 Å². The molecule has 26 heavy (non-hydrogen) atoms. The Morgan fingerprint density at radius 2 is 2.00 bits per heavy atom. The van der Waals surface area contributed by atoms with Gasteiger partial charge in [0.05, 0.1) is 19.0 Å². The molecule has 136 valence electrons. The summed E-state index contributed by atoms with van der Waals surface area (Å²) in [6, 6.07) is 6.49. The van der Waals surface area contributed by atoms with Crippen molar-refractivity contribution in [3.8, 4) is 17.4 Å². The summed E-state index contributed by atoms with van der Waals surface area (Å²) in [5.74, 6) is 0.536. The first kappa shape index (κ1) is 17.5. The summed E-state index contributed by atoms with van der Waals surface area (Å²) in [4.78, 5) is 0. The molecule has 0 fully saturated rings. The standard InChI is InChI=1S/C16H16F2N6O2/c1-10-6-11(2)24(22-10)16-21-19-9-23(16)20-8-12-4-5-13(25-3)14(7-12)26-15(17)18/h4-9,15H,1-3H3/b20-8-. The van der Waals surface area contributed by atoms with E-state index in [1.165, 1.54) is 36.5 Å². The molecule has 3 aromatic rings. The maximum Gasteiger partial charge on any atom is 0.387 e. The van der Waals surface area contributed by atoms with Crippen molar-refractivity contribution in [2.24, 2.45) is 5.10 Å². The van der Waals surface area contributed by atoms with E-state index < -0.39 is 6.61 Å². The summed E-state index contributed by atoms with van der Waals surface area (Å²) in [5, 5.41) is 16.5. The Kier molecular flexibility index (Phi) is 4.92. The molecule has 0 atom stereocenters. The SMILES string of the molecule is COc1ccc(/C=N\n2cnnc2-n2nc(C)cc2C)cc1OC(F)F. The highest BCUT2D eigenvalue weighted by atomic mass is 19.3. The molecule has 0 bridgehead atoms. The summed E-state index contributed by atoms with van der Waals surface area (Å²) in [6.07, 6.45) is 2.89. The van der Waals surface area contributed by atoms with Crippen molar-refractivity contribution < 1.29 is 18.3 Å². The van der Waals surface area contributed by atoms with Crippen LogP contribution in [0.3, 0.4) is 0 Å². The van der Waals surface area contributed by atoms with Gasteiger partial charge in [0.25, 0.3) is 5.95 Å². The van der Waals surface area contributed by atoms with Crippen LogP contribution in [0.15, 0.2) is 35.7 Å². The van der Waals surface area contributed by atoms with Gasteiger partial charge < -0.3 is 9.47 Å². The van der Waals surface area contributed by atoms with Crippen molar-refractivity contribution in [2.45, 2.75) is 20.5 Å². The number of nitrogens with zero attached hydrogens (tertiary/aromatic N) is 6. The summed E-state index contributed by atoms with van der Waals surface area (Å²) < 4.78 is 37.5. The molecule has 8 nitrogen and oxygen atoms in total. The van der Waals surface area contributed by atoms with Crippen LogP contribution in [0.25, 0.3) is 5.95 Å². The monoisotopic (exact) mass is 362 g/mol. The molecule has 0 aliphatic heterocycles. The van der Waals surface area contributed by atoms with Gasteiger partial charge in [-0.15, -0.1) is 10.2 Å². The largest absolute Gasteiger partial charge is 0.493 e. The molecule has 0 aliphatic rings. The molecule has 0 amide bonds. The number of methoxy groups -OCH3 is 1.